The number of anilines is 1. The van der Waals surface area contributed by atoms with Crippen LogP contribution in [0.1, 0.15) is 19.3 Å². The monoisotopic (exact) mass is 319 g/mol. The van der Waals surface area contributed by atoms with Crippen LogP contribution >= 0.6 is 11.6 Å². The smallest absolute Gasteiger partial charge is 0.244 e. The van der Waals surface area contributed by atoms with Crippen molar-refractivity contribution in [3.05, 3.63) is 17.3 Å². The van der Waals surface area contributed by atoms with E-state index in [4.69, 9.17) is 11.6 Å². The standard InChI is InChI=1S/C12H18ClN3O3S/c1-14-12-11(13)6-10(7-15-12)20(18,19)16-5-3-2-4-9(16)8-17/h6-7,9,17H,2-5,8H2,1H3,(H,14,15). The fourth-order valence-corrected chi connectivity index (χ4v) is 4.34. The van der Waals surface area contributed by atoms with Gasteiger partial charge in [0.05, 0.1) is 11.6 Å². The molecule has 1 aromatic heterocycles. The third-order valence-electron chi connectivity index (χ3n) is 3.44. The first kappa shape index (κ1) is 15.5. The number of pyridine rings is 1. The Bertz CT molecular complexity index is 579. The SMILES string of the molecule is CNc1ncc(S(=O)(=O)N2CCCCC2CO)cc1Cl. The number of sulfonamides is 1. The molecule has 1 unspecified atom stereocenters. The first-order valence-electron chi connectivity index (χ1n) is 6.46. The fraction of sp³-hybridized carbons (Fsp3) is 0.583. The van der Waals surface area contributed by atoms with E-state index in [1.165, 1.54) is 16.6 Å². The van der Waals surface area contributed by atoms with E-state index in [2.05, 4.69) is 10.3 Å². The van der Waals surface area contributed by atoms with Gasteiger partial charge in [0.1, 0.15) is 10.7 Å². The van der Waals surface area contributed by atoms with E-state index in [0.29, 0.717) is 18.8 Å². The van der Waals surface area contributed by atoms with Crippen molar-refractivity contribution in [2.45, 2.75) is 30.2 Å². The Morgan fingerprint density at radius 3 is 2.90 bits per heavy atom. The van der Waals surface area contributed by atoms with Gasteiger partial charge in [-0.2, -0.15) is 4.31 Å². The Balaban J connectivity index is 2.36. The van der Waals surface area contributed by atoms with E-state index in [-0.39, 0.29) is 22.6 Å². The van der Waals surface area contributed by atoms with Gasteiger partial charge in [-0.1, -0.05) is 18.0 Å². The summed E-state index contributed by atoms with van der Waals surface area (Å²) in [6, 6.07) is 1.02. The van der Waals surface area contributed by atoms with Crippen LogP contribution in [-0.4, -0.2) is 49.1 Å². The highest BCUT2D eigenvalue weighted by atomic mass is 35.5. The van der Waals surface area contributed by atoms with Gasteiger partial charge < -0.3 is 10.4 Å². The van der Waals surface area contributed by atoms with Gasteiger partial charge in [0.15, 0.2) is 0 Å². The lowest BCUT2D eigenvalue weighted by Crippen LogP contribution is -2.45. The number of piperidine rings is 1. The molecule has 0 bridgehead atoms. The lowest BCUT2D eigenvalue weighted by Gasteiger charge is -2.33. The highest BCUT2D eigenvalue weighted by molar-refractivity contribution is 7.89. The van der Waals surface area contributed by atoms with Crippen LogP contribution in [0.15, 0.2) is 17.2 Å². The molecule has 1 aromatic rings. The number of rotatable bonds is 4. The Kier molecular flexibility index (Phi) is 4.85. The molecular formula is C12H18ClN3O3S. The van der Waals surface area contributed by atoms with E-state index >= 15 is 0 Å². The van der Waals surface area contributed by atoms with Crippen LogP contribution in [0, 0.1) is 0 Å². The van der Waals surface area contributed by atoms with Crippen LogP contribution < -0.4 is 5.32 Å². The number of halogens is 1. The minimum absolute atomic E-state index is 0.0573. The van der Waals surface area contributed by atoms with Crippen molar-refractivity contribution in [1.82, 2.24) is 9.29 Å². The fourth-order valence-electron chi connectivity index (χ4n) is 2.35. The number of nitrogens with one attached hydrogen (secondary N) is 1. The zero-order chi connectivity index (χ0) is 14.8. The maximum absolute atomic E-state index is 12.6. The lowest BCUT2D eigenvalue weighted by molar-refractivity contribution is 0.155. The largest absolute Gasteiger partial charge is 0.395 e. The molecule has 1 atom stereocenters. The molecule has 1 aliphatic heterocycles. The van der Waals surface area contributed by atoms with Crippen molar-refractivity contribution in [1.29, 1.82) is 0 Å². The van der Waals surface area contributed by atoms with E-state index in [0.717, 1.165) is 12.8 Å². The van der Waals surface area contributed by atoms with E-state index in [1.54, 1.807) is 7.05 Å². The summed E-state index contributed by atoms with van der Waals surface area (Å²) in [6.07, 6.45) is 3.68. The molecule has 6 nitrogen and oxygen atoms in total. The number of nitrogens with zero attached hydrogens (tertiary/aromatic N) is 2. The molecule has 0 radical (unpaired) electrons. The highest BCUT2D eigenvalue weighted by Crippen LogP contribution is 2.28. The second-order valence-corrected chi connectivity index (χ2v) is 7.00. The Morgan fingerprint density at radius 2 is 2.30 bits per heavy atom. The van der Waals surface area contributed by atoms with E-state index in [1.807, 2.05) is 0 Å². The van der Waals surface area contributed by atoms with Crippen LogP contribution in [0.25, 0.3) is 0 Å². The summed E-state index contributed by atoms with van der Waals surface area (Å²) in [6.45, 7) is 0.244. The van der Waals surface area contributed by atoms with Gasteiger partial charge in [0.25, 0.3) is 0 Å². The molecule has 0 aromatic carbocycles. The van der Waals surface area contributed by atoms with Gasteiger partial charge in [-0.3, -0.25) is 0 Å². The van der Waals surface area contributed by atoms with Crippen LogP contribution in [0.3, 0.4) is 0 Å². The van der Waals surface area contributed by atoms with Crippen molar-refractivity contribution in [2.75, 3.05) is 25.5 Å². The van der Waals surface area contributed by atoms with Crippen LogP contribution in [0.2, 0.25) is 5.02 Å². The number of aromatic nitrogens is 1. The molecule has 2 heterocycles. The summed E-state index contributed by atoms with van der Waals surface area (Å²) >= 11 is 5.99. The van der Waals surface area contributed by atoms with Gasteiger partial charge in [-0.25, -0.2) is 13.4 Å². The maximum atomic E-state index is 12.6. The Hall–Kier alpha value is -0.890. The number of hydrogen-bond acceptors (Lipinski definition) is 5. The molecule has 0 amide bonds. The first-order valence-corrected chi connectivity index (χ1v) is 8.28. The molecule has 2 N–H and O–H groups in total. The third kappa shape index (κ3) is 2.90. The second-order valence-electron chi connectivity index (χ2n) is 4.70. The molecule has 0 saturated carbocycles. The summed E-state index contributed by atoms with van der Waals surface area (Å²) in [7, 11) is -2.01. The van der Waals surface area contributed by atoms with Gasteiger partial charge in [0.2, 0.25) is 10.0 Å². The average molecular weight is 320 g/mol. The number of aliphatic hydroxyl groups excluding tert-OH is 1. The molecule has 0 aliphatic carbocycles. The van der Waals surface area contributed by atoms with Gasteiger partial charge in [-0.05, 0) is 18.9 Å². The summed E-state index contributed by atoms with van der Waals surface area (Å²) < 4.78 is 26.6. The van der Waals surface area contributed by atoms with Crippen LogP contribution in [0.4, 0.5) is 5.82 Å². The minimum atomic E-state index is -3.67. The molecule has 0 spiro atoms. The predicted octanol–water partition coefficient (Wildman–Crippen LogP) is 1.31. The van der Waals surface area contributed by atoms with Crippen molar-refractivity contribution >= 4 is 27.4 Å². The molecule has 1 saturated heterocycles. The maximum Gasteiger partial charge on any atom is 0.244 e. The van der Waals surface area contributed by atoms with Crippen molar-refractivity contribution < 1.29 is 13.5 Å². The normalized spacial score (nSPS) is 20.9. The van der Waals surface area contributed by atoms with E-state index < -0.39 is 10.0 Å². The lowest BCUT2D eigenvalue weighted by atomic mass is 10.1. The zero-order valence-corrected chi connectivity index (χ0v) is 12.8. The third-order valence-corrected chi connectivity index (χ3v) is 5.65. The van der Waals surface area contributed by atoms with Crippen LogP contribution in [-0.2, 0) is 10.0 Å². The quantitative estimate of drug-likeness (QED) is 0.874. The summed E-state index contributed by atoms with van der Waals surface area (Å²) in [5, 5.41) is 12.4. The summed E-state index contributed by atoms with van der Waals surface area (Å²) in [5.74, 6) is 0.433. The van der Waals surface area contributed by atoms with Gasteiger partial charge >= 0.3 is 0 Å². The van der Waals surface area contributed by atoms with Crippen LogP contribution in [0.5, 0.6) is 0 Å². The van der Waals surface area contributed by atoms with E-state index in [9.17, 15) is 13.5 Å². The molecule has 1 fully saturated rings. The van der Waals surface area contributed by atoms with Gasteiger partial charge in [-0.15, -0.1) is 0 Å². The highest BCUT2D eigenvalue weighted by Gasteiger charge is 2.33. The molecule has 2 rings (SSSR count). The molecule has 8 heteroatoms. The zero-order valence-electron chi connectivity index (χ0n) is 11.2. The first-order chi connectivity index (χ1) is 9.50. The summed E-state index contributed by atoms with van der Waals surface area (Å²) in [4.78, 5) is 4.05. The second kappa shape index (κ2) is 6.26. The Morgan fingerprint density at radius 1 is 1.55 bits per heavy atom. The molecule has 112 valence electrons. The predicted molar refractivity (Wildman–Crippen MR) is 77.4 cm³/mol. The van der Waals surface area contributed by atoms with Gasteiger partial charge in [0, 0.05) is 25.8 Å². The van der Waals surface area contributed by atoms with Crippen molar-refractivity contribution in [3.8, 4) is 0 Å². The van der Waals surface area contributed by atoms with Crippen molar-refractivity contribution in [2.24, 2.45) is 0 Å². The molecule has 1 aliphatic rings. The molecule has 20 heavy (non-hydrogen) atoms. The van der Waals surface area contributed by atoms with Crippen molar-refractivity contribution in [3.63, 3.8) is 0 Å². The topological polar surface area (TPSA) is 82.5 Å². The summed E-state index contributed by atoms with van der Waals surface area (Å²) in [5.41, 5.74) is 0. The minimum Gasteiger partial charge on any atom is -0.395 e. The number of aliphatic hydroxyl groups is 1. The number of hydrogen-bond donors (Lipinski definition) is 2. The average Bonchev–Trinajstić information content (AvgIpc) is 2.47. The molecular weight excluding hydrogens is 302 g/mol. The Labute approximate surface area is 123 Å².